The highest BCUT2D eigenvalue weighted by Gasteiger charge is 2.24. The molecule has 0 bridgehead atoms. The highest BCUT2D eigenvalue weighted by molar-refractivity contribution is 6.30. The zero-order valence-electron chi connectivity index (χ0n) is 16.0. The molecule has 0 saturated heterocycles. The summed E-state index contributed by atoms with van der Waals surface area (Å²) in [6.45, 7) is 3.63. The second-order valence-electron chi connectivity index (χ2n) is 6.74. The second-order valence-corrected chi connectivity index (χ2v) is 7.09. The molecule has 0 aliphatic rings. The van der Waals surface area contributed by atoms with Gasteiger partial charge in [0.05, 0.1) is 35.6 Å². The summed E-state index contributed by atoms with van der Waals surface area (Å²) in [6.07, 6.45) is 0.744. The van der Waals surface area contributed by atoms with Gasteiger partial charge in [0.15, 0.2) is 0 Å². The molecule has 2 heterocycles. The molecule has 0 fully saturated rings. The van der Waals surface area contributed by atoms with E-state index in [2.05, 4.69) is 17.1 Å². The average molecular weight is 407 g/mol. The van der Waals surface area contributed by atoms with Crippen LogP contribution in [0.15, 0.2) is 36.5 Å². The van der Waals surface area contributed by atoms with Crippen molar-refractivity contribution in [2.45, 2.75) is 33.1 Å². The van der Waals surface area contributed by atoms with Gasteiger partial charge in [-0.05, 0) is 43.2 Å². The number of aliphatic hydroxyl groups excluding tert-OH is 2. The van der Waals surface area contributed by atoms with Crippen molar-refractivity contribution in [1.82, 2.24) is 9.55 Å². The Kier molecular flexibility index (Phi) is 6.00. The maximum atomic E-state index is 10.4. The quantitative estimate of drug-likeness (QED) is 0.626. The Bertz CT molecular complexity index is 1140. The van der Waals surface area contributed by atoms with Gasteiger partial charge in [-0.25, -0.2) is 4.98 Å². The number of aliphatic hydroxyl groups is 2. The second kappa shape index (κ2) is 8.46. The van der Waals surface area contributed by atoms with E-state index in [1.165, 1.54) is 0 Å². The number of pyridine rings is 1. The summed E-state index contributed by atoms with van der Waals surface area (Å²) >= 11 is 5.98. The molecule has 0 amide bonds. The molecule has 0 aliphatic heterocycles. The molecule has 2 N–H and O–H groups in total. The molecule has 0 radical (unpaired) electrons. The molecule has 146 valence electrons. The number of benzene rings is 1. The Labute approximate surface area is 173 Å². The normalized spacial score (nSPS) is 11.7. The van der Waals surface area contributed by atoms with Crippen LogP contribution in [0.25, 0.3) is 11.1 Å². The monoisotopic (exact) mass is 406 g/mol. The first-order valence-corrected chi connectivity index (χ1v) is 9.34. The van der Waals surface area contributed by atoms with Gasteiger partial charge in [-0.15, -0.1) is 0 Å². The Hall–Kier alpha value is -3.16. The summed E-state index contributed by atoms with van der Waals surface area (Å²) in [5.74, 6) is 0. The molecule has 3 rings (SSSR count). The molecule has 0 spiro atoms. The lowest BCUT2D eigenvalue weighted by Crippen LogP contribution is -2.10. The zero-order valence-corrected chi connectivity index (χ0v) is 16.8. The summed E-state index contributed by atoms with van der Waals surface area (Å²) in [7, 11) is 0. The third-order valence-electron chi connectivity index (χ3n) is 4.85. The minimum atomic E-state index is -0.868. The lowest BCUT2D eigenvalue weighted by molar-refractivity contribution is 0.189. The predicted molar refractivity (Wildman–Crippen MR) is 109 cm³/mol. The standard InChI is InChI=1S/C22H19ClN4O2/c1-13-20(17-5-3-15(8-24)4-6-17)19(9-25)21(14(2)29)27(13)11-16-7-18(12-28)22(23)26-10-16/h3-7,10,14,28-29H,11-12H2,1-2H3/t14-/m0/s1. The number of hydrogen-bond acceptors (Lipinski definition) is 5. The van der Waals surface area contributed by atoms with Gasteiger partial charge in [0.25, 0.3) is 0 Å². The van der Waals surface area contributed by atoms with Crippen LogP contribution in [0.2, 0.25) is 5.15 Å². The molecular weight excluding hydrogens is 388 g/mol. The third kappa shape index (κ3) is 3.87. The van der Waals surface area contributed by atoms with E-state index in [9.17, 15) is 15.5 Å². The summed E-state index contributed by atoms with van der Waals surface area (Å²) in [6, 6.07) is 13.1. The molecule has 3 aromatic rings. The van der Waals surface area contributed by atoms with Crippen LogP contribution >= 0.6 is 11.6 Å². The smallest absolute Gasteiger partial charge is 0.134 e. The largest absolute Gasteiger partial charge is 0.392 e. The predicted octanol–water partition coefficient (Wildman–Crippen LogP) is 3.85. The van der Waals surface area contributed by atoms with E-state index in [4.69, 9.17) is 16.9 Å². The van der Waals surface area contributed by atoms with Gasteiger partial charge in [-0.2, -0.15) is 10.5 Å². The van der Waals surface area contributed by atoms with Crippen LogP contribution in [-0.2, 0) is 13.2 Å². The van der Waals surface area contributed by atoms with E-state index >= 15 is 0 Å². The van der Waals surface area contributed by atoms with Crippen molar-refractivity contribution in [3.63, 3.8) is 0 Å². The first-order valence-electron chi connectivity index (χ1n) is 8.97. The van der Waals surface area contributed by atoms with Crippen molar-refractivity contribution in [1.29, 1.82) is 10.5 Å². The first-order chi connectivity index (χ1) is 13.9. The molecule has 2 aromatic heterocycles. The molecule has 0 unspecified atom stereocenters. The van der Waals surface area contributed by atoms with Gasteiger partial charge in [0.1, 0.15) is 11.2 Å². The van der Waals surface area contributed by atoms with Crippen LogP contribution in [0.3, 0.4) is 0 Å². The molecule has 0 saturated carbocycles. The maximum Gasteiger partial charge on any atom is 0.134 e. The molecule has 29 heavy (non-hydrogen) atoms. The van der Waals surface area contributed by atoms with Gasteiger partial charge in [-0.3, -0.25) is 0 Å². The molecule has 7 heteroatoms. The van der Waals surface area contributed by atoms with Crippen molar-refractivity contribution in [3.8, 4) is 23.3 Å². The van der Waals surface area contributed by atoms with Crippen molar-refractivity contribution < 1.29 is 10.2 Å². The lowest BCUT2D eigenvalue weighted by Gasteiger charge is -2.14. The third-order valence-corrected chi connectivity index (χ3v) is 5.19. The Balaban J connectivity index is 2.18. The van der Waals surface area contributed by atoms with E-state index in [-0.39, 0.29) is 11.8 Å². The molecule has 6 nitrogen and oxygen atoms in total. The van der Waals surface area contributed by atoms with Crippen molar-refractivity contribution in [3.05, 3.63) is 75.3 Å². The van der Waals surface area contributed by atoms with Crippen LogP contribution in [0, 0.1) is 29.6 Å². The molecular formula is C22H19ClN4O2. The fourth-order valence-electron chi connectivity index (χ4n) is 3.50. The number of rotatable bonds is 5. The van der Waals surface area contributed by atoms with Crippen molar-refractivity contribution in [2.75, 3.05) is 0 Å². The summed E-state index contributed by atoms with van der Waals surface area (Å²) in [5, 5.41) is 39.0. The topological polar surface area (TPSA) is 106 Å². The van der Waals surface area contributed by atoms with Crippen molar-refractivity contribution >= 4 is 11.6 Å². The van der Waals surface area contributed by atoms with Gasteiger partial charge < -0.3 is 14.8 Å². The van der Waals surface area contributed by atoms with Gasteiger partial charge in [0, 0.05) is 29.6 Å². The van der Waals surface area contributed by atoms with Gasteiger partial charge in [0.2, 0.25) is 0 Å². The summed E-state index contributed by atoms with van der Waals surface area (Å²) in [4.78, 5) is 4.11. The Morgan fingerprint density at radius 2 is 1.90 bits per heavy atom. The summed E-state index contributed by atoms with van der Waals surface area (Å²) < 4.78 is 1.88. The first kappa shape index (κ1) is 20.6. The summed E-state index contributed by atoms with van der Waals surface area (Å²) in [5.41, 5.74) is 5.05. The van der Waals surface area contributed by atoms with E-state index in [0.717, 1.165) is 22.4 Å². The number of nitrogens with zero attached hydrogens (tertiary/aromatic N) is 4. The minimum Gasteiger partial charge on any atom is -0.392 e. The van der Waals surface area contributed by atoms with Gasteiger partial charge in [-0.1, -0.05) is 23.7 Å². The van der Waals surface area contributed by atoms with E-state index in [1.54, 1.807) is 43.5 Å². The van der Waals surface area contributed by atoms with Crippen LogP contribution in [0.4, 0.5) is 0 Å². The fraction of sp³-hybridized carbons (Fsp3) is 0.227. The van der Waals surface area contributed by atoms with Crippen LogP contribution in [0.1, 0.15) is 46.7 Å². The highest BCUT2D eigenvalue weighted by Crippen LogP contribution is 2.35. The Morgan fingerprint density at radius 3 is 2.45 bits per heavy atom. The van der Waals surface area contributed by atoms with E-state index < -0.39 is 6.10 Å². The van der Waals surface area contributed by atoms with Crippen LogP contribution in [0.5, 0.6) is 0 Å². The number of aromatic nitrogens is 2. The number of halogens is 1. The molecule has 1 aromatic carbocycles. The number of hydrogen-bond donors (Lipinski definition) is 2. The number of nitriles is 2. The molecule has 0 aliphatic carbocycles. The van der Waals surface area contributed by atoms with Gasteiger partial charge >= 0.3 is 0 Å². The molecule has 1 atom stereocenters. The lowest BCUT2D eigenvalue weighted by atomic mass is 9.99. The van der Waals surface area contributed by atoms with Crippen LogP contribution < -0.4 is 0 Å². The van der Waals surface area contributed by atoms with Crippen LogP contribution in [-0.4, -0.2) is 19.8 Å². The zero-order chi connectivity index (χ0) is 21.1. The minimum absolute atomic E-state index is 0.229. The highest BCUT2D eigenvalue weighted by atomic mass is 35.5. The Morgan fingerprint density at radius 1 is 1.21 bits per heavy atom. The van der Waals surface area contributed by atoms with Crippen molar-refractivity contribution in [2.24, 2.45) is 0 Å². The average Bonchev–Trinajstić information content (AvgIpc) is 3.01. The SMILES string of the molecule is Cc1c(-c2ccc(C#N)cc2)c(C#N)c([C@H](C)O)n1Cc1cnc(Cl)c(CO)c1. The van der Waals surface area contributed by atoms with E-state index in [0.29, 0.717) is 28.9 Å². The van der Waals surface area contributed by atoms with E-state index in [1.807, 2.05) is 11.5 Å². The maximum absolute atomic E-state index is 10.4. The fourth-order valence-corrected chi connectivity index (χ4v) is 3.66.